The number of aliphatic carboxylic acids is 1. The van der Waals surface area contributed by atoms with Crippen molar-refractivity contribution in [3.05, 3.63) is 59.7 Å². The molecule has 3 N–H and O–H groups in total. The van der Waals surface area contributed by atoms with Crippen LogP contribution in [0.5, 0.6) is 5.75 Å². The highest BCUT2D eigenvalue weighted by Gasteiger charge is 2.15. The fourth-order valence-electron chi connectivity index (χ4n) is 2.38. The number of carbonyl (C=O) groups excluding carboxylic acids is 2. The third-order valence-corrected chi connectivity index (χ3v) is 4.05. The van der Waals surface area contributed by atoms with E-state index in [-0.39, 0.29) is 30.7 Å². The predicted molar refractivity (Wildman–Crippen MR) is 101 cm³/mol. The van der Waals surface area contributed by atoms with E-state index in [0.29, 0.717) is 11.3 Å². The summed E-state index contributed by atoms with van der Waals surface area (Å²) in [5, 5.41) is 13.9. The molecular formula is C20H22N2O5. The monoisotopic (exact) mass is 370 g/mol. The molecule has 0 radical (unpaired) electrons. The normalized spacial score (nSPS) is 11.3. The number of nitrogens with one attached hydrogen (secondary N) is 2. The van der Waals surface area contributed by atoms with E-state index in [2.05, 4.69) is 10.6 Å². The van der Waals surface area contributed by atoms with Crippen molar-refractivity contribution < 1.29 is 24.2 Å². The molecule has 0 bridgehead atoms. The molecule has 1 atom stereocenters. The minimum Gasteiger partial charge on any atom is -0.497 e. The van der Waals surface area contributed by atoms with Gasteiger partial charge in [0.25, 0.3) is 5.91 Å². The van der Waals surface area contributed by atoms with E-state index in [1.54, 1.807) is 50.4 Å². The van der Waals surface area contributed by atoms with Gasteiger partial charge in [0.2, 0.25) is 5.91 Å². The number of methoxy groups -OCH3 is 1. The molecule has 7 heteroatoms. The Morgan fingerprint density at radius 1 is 1.04 bits per heavy atom. The summed E-state index contributed by atoms with van der Waals surface area (Å²) in [5.74, 6) is -1.13. The van der Waals surface area contributed by atoms with Crippen LogP contribution in [0.1, 0.15) is 35.2 Å². The molecule has 0 spiro atoms. The smallest absolute Gasteiger partial charge is 0.305 e. The average Bonchev–Trinajstić information content (AvgIpc) is 2.67. The SMILES string of the molecule is COc1ccc(C(C)C(=O)Nc2ccc(C(=O)NCCC(=O)O)cc2)cc1. The second-order valence-electron chi connectivity index (χ2n) is 5.96. The maximum absolute atomic E-state index is 12.4. The first-order valence-corrected chi connectivity index (χ1v) is 8.45. The van der Waals surface area contributed by atoms with E-state index in [0.717, 1.165) is 11.3 Å². The van der Waals surface area contributed by atoms with Crippen LogP contribution in [-0.4, -0.2) is 36.5 Å². The van der Waals surface area contributed by atoms with Gasteiger partial charge in [-0.1, -0.05) is 12.1 Å². The lowest BCUT2D eigenvalue weighted by Crippen LogP contribution is -2.26. The maximum Gasteiger partial charge on any atom is 0.305 e. The molecule has 2 rings (SSSR count). The van der Waals surface area contributed by atoms with Gasteiger partial charge in [0.1, 0.15) is 5.75 Å². The number of carboxylic acids is 1. The van der Waals surface area contributed by atoms with Crippen molar-refractivity contribution >= 4 is 23.5 Å². The molecule has 2 aromatic rings. The van der Waals surface area contributed by atoms with E-state index in [1.807, 2.05) is 12.1 Å². The minimum absolute atomic E-state index is 0.0615. The van der Waals surface area contributed by atoms with Crippen molar-refractivity contribution in [3.8, 4) is 5.75 Å². The van der Waals surface area contributed by atoms with E-state index < -0.39 is 5.97 Å². The Labute approximate surface area is 157 Å². The molecule has 0 aromatic heterocycles. The zero-order valence-electron chi connectivity index (χ0n) is 15.2. The third-order valence-electron chi connectivity index (χ3n) is 4.05. The summed E-state index contributed by atoms with van der Waals surface area (Å²) >= 11 is 0. The predicted octanol–water partition coefficient (Wildman–Crippen LogP) is 2.64. The number of rotatable bonds is 8. The second-order valence-corrected chi connectivity index (χ2v) is 5.96. The Morgan fingerprint density at radius 2 is 1.67 bits per heavy atom. The van der Waals surface area contributed by atoms with Crippen LogP contribution in [0, 0.1) is 0 Å². The van der Waals surface area contributed by atoms with Crippen LogP contribution < -0.4 is 15.4 Å². The summed E-state index contributed by atoms with van der Waals surface area (Å²) in [4.78, 5) is 34.8. The second kappa shape index (κ2) is 9.38. The minimum atomic E-state index is -0.973. The summed E-state index contributed by atoms with van der Waals surface area (Å²) in [7, 11) is 1.58. The van der Waals surface area contributed by atoms with Gasteiger partial charge >= 0.3 is 5.97 Å². The van der Waals surface area contributed by atoms with Crippen LogP contribution >= 0.6 is 0 Å². The molecule has 2 aromatic carbocycles. The van der Waals surface area contributed by atoms with Crippen molar-refractivity contribution in [1.29, 1.82) is 0 Å². The quantitative estimate of drug-likeness (QED) is 0.663. The Kier molecular flexibility index (Phi) is 6.93. The van der Waals surface area contributed by atoms with Crippen LogP contribution in [-0.2, 0) is 9.59 Å². The van der Waals surface area contributed by atoms with Crippen LogP contribution in [0.2, 0.25) is 0 Å². The third kappa shape index (κ3) is 5.85. The Balaban J connectivity index is 1.93. The molecule has 0 aliphatic rings. The molecule has 142 valence electrons. The van der Waals surface area contributed by atoms with Gasteiger partial charge in [0.05, 0.1) is 19.4 Å². The van der Waals surface area contributed by atoms with Crippen molar-refractivity contribution in [3.63, 3.8) is 0 Å². The number of hydrogen-bond donors (Lipinski definition) is 3. The van der Waals surface area contributed by atoms with Crippen molar-refractivity contribution in [1.82, 2.24) is 5.32 Å². The van der Waals surface area contributed by atoms with Crippen LogP contribution in [0.4, 0.5) is 5.69 Å². The fourth-order valence-corrected chi connectivity index (χ4v) is 2.38. The summed E-state index contributed by atoms with van der Waals surface area (Å²) < 4.78 is 5.11. The van der Waals surface area contributed by atoms with Crippen LogP contribution in [0.25, 0.3) is 0 Å². The molecule has 27 heavy (non-hydrogen) atoms. The van der Waals surface area contributed by atoms with Crippen molar-refractivity contribution in [2.45, 2.75) is 19.3 Å². The molecule has 0 aliphatic heterocycles. The zero-order chi connectivity index (χ0) is 19.8. The van der Waals surface area contributed by atoms with Gasteiger partial charge in [-0.2, -0.15) is 0 Å². The number of carboxylic acid groups (broad SMARTS) is 1. The molecule has 0 saturated heterocycles. The van der Waals surface area contributed by atoms with Crippen molar-refractivity contribution in [2.24, 2.45) is 0 Å². The molecule has 0 saturated carbocycles. The number of amides is 2. The molecule has 2 amide bonds. The summed E-state index contributed by atoms with van der Waals surface area (Å²) in [5.41, 5.74) is 1.83. The standard InChI is InChI=1S/C20H22N2O5/c1-13(14-5-9-17(27-2)10-6-14)19(25)22-16-7-3-15(4-8-16)20(26)21-12-11-18(23)24/h3-10,13H,11-12H2,1-2H3,(H,21,26)(H,22,25)(H,23,24). The molecule has 0 aliphatic carbocycles. The number of carbonyl (C=O) groups is 3. The van der Waals surface area contributed by atoms with Gasteiger partial charge in [-0.25, -0.2) is 0 Å². The van der Waals surface area contributed by atoms with Gasteiger partial charge in [0.15, 0.2) is 0 Å². The molecule has 7 nitrogen and oxygen atoms in total. The van der Waals surface area contributed by atoms with Crippen LogP contribution in [0.15, 0.2) is 48.5 Å². The lowest BCUT2D eigenvalue weighted by molar-refractivity contribution is -0.136. The summed E-state index contributed by atoms with van der Waals surface area (Å²) in [6.45, 7) is 1.87. The first kappa shape index (κ1) is 20.0. The lowest BCUT2D eigenvalue weighted by Gasteiger charge is -2.13. The number of hydrogen-bond acceptors (Lipinski definition) is 4. The summed E-state index contributed by atoms with van der Waals surface area (Å²) in [6.07, 6.45) is -0.136. The molecule has 1 unspecified atom stereocenters. The van der Waals surface area contributed by atoms with Gasteiger partial charge in [0, 0.05) is 17.8 Å². The lowest BCUT2D eigenvalue weighted by atomic mass is 10.00. The van der Waals surface area contributed by atoms with Crippen molar-refractivity contribution in [2.75, 3.05) is 19.0 Å². The highest BCUT2D eigenvalue weighted by molar-refractivity contribution is 5.97. The topological polar surface area (TPSA) is 105 Å². The molecular weight excluding hydrogens is 348 g/mol. The Morgan fingerprint density at radius 3 is 2.22 bits per heavy atom. The van der Waals surface area contributed by atoms with Gasteiger partial charge < -0.3 is 20.5 Å². The highest BCUT2D eigenvalue weighted by atomic mass is 16.5. The molecule has 0 fully saturated rings. The zero-order valence-corrected chi connectivity index (χ0v) is 15.2. The van der Waals surface area contributed by atoms with E-state index >= 15 is 0 Å². The van der Waals surface area contributed by atoms with Gasteiger partial charge in [-0.3, -0.25) is 14.4 Å². The highest BCUT2D eigenvalue weighted by Crippen LogP contribution is 2.21. The number of anilines is 1. The number of benzene rings is 2. The van der Waals surface area contributed by atoms with Gasteiger partial charge in [-0.15, -0.1) is 0 Å². The van der Waals surface area contributed by atoms with E-state index in [4.69, 9.17) is 9.84 Å². The Bertz CT molecular complexity index is 800. The van der Waals surface area contributed by atoms with E-state index in [1.165, 1.54) is 0 Å². The fraction of sp³-hybridized carbons (Fsp3) is 0.250. The average molecular weight is 370 g/mol. The number of ether oxygens (including phenoxy) is 1. The first-order valence-electron chi connectivity index (χ1n) is 8.45. The Hall–Kier alpha value is -3.35. The first-order chi connectivity index (χ1) is 12.9. The largest absolute Gasteiger partial charge is 0.497 e. The van der Waals surface area contributed by atoms with E-state index in [9.17, 15) is 14.4 Å². The van der Waals surface area contributed by atoms with Gasteiger partial charge in [-0.05, 0) is 48.9 Å². The molecule has 0 heterocycles. The van der Waals surface area contributed by atoms with Crippen LogP contribution in [0.3, 0.4) is 0 Å². The maximum atomic E-state index is 12.4. The summed E-state index contributed by atoms with van der Waals surface area (Å²) in [6, 6.07) is 13.7.